The number of nitrogens with two attached hydrogens (primary N) is 1. The summed E-state index contributed by atoms with van der Waals surface area (Å²) in [5.41, 5.74) is 2.86. The summed E-state index contributed by atoms with van der Waals surface area (Å²) in [6.45, 7) is 6.81. The highest BCUT2D eigenvalue weighted by Gasteiger charge is 2.54. The zero-order valence-corrected chi connectivity index (χ0v) is 13.9. The molecule has 4 nitrogen and oxygen atoms in total. The first-order valence-electron chi connectivity index (χ1n) is 6.43. The van der Waals surface area contributed by atoms with Crippen LogP contribution in [0.1, 0.15) is 27.7 Å². The van der Waals surface area contributed by atoms with Gasteiger partial charge in [-0.2, -0.15) is 5.26 Å². The summed E-state index contributed by atoms with van der Waals surface area (Å²) < 4.78 is 5.78. The summed E-state index contributed by atoms with van der Waals surface area (Å²) >= 11 is 11.9. The number of ether oxygens (including phenoxy) is 1. The molecular formula is C15H18Cl2N2O2. The quantitative estimate of drug-likeness (QED) is 0.892. The van der Waals surface area contributed by atoms with Gasteiger partial charge in [0, 0.05) is 5.02 Å². The van der Waals surface area contributed by atoms with Crippen molar-refractivity contribution in [2.24, 2.45) is 17.1 Å². The third-order valence-electron chi connectivity index (χ3n) is 4.06. The molecule has 0 fully saturated rings. The lowest BCUT2D eigenvalue weighted by molar-refractivity contribution is -0.142. The Hall–Kier alpha value is -1.44. The largest absolute Gasteiger partial charge is 0.474 e. The molecule has 0 aliphatic rings. The Bertz CT molecular complexity index is 598. The lowest BCUT2D eigenvalue weighted by Crippen LogP contribution is -2.59. The van der Waals surface area contributed by atoms with E-state index in [0.29, 0.717) is 5.02 Å². The molecule has 0 spiro atoms. The molecule has 0 aliphatic heterocycles. The summed E-state index contributed by atoms with van der Waals surface area (Å²) in [5, 5.41) is 10.2. The predicted molar refractivity (Wildman–Crippen MR) is 83.2 cm³/mol. The second-order valence-corrected chi connectivity index (χ2v) is 6.39. The molecule has 0 saturated heterocycles. The number of primary amides is 1. The zero-order chi connectivity index (χ0) is 16.4. The van der Waals surface area contributed by atoms with Crippen molar-refractivity contribution in [2.45, 2.75) is 33.3 Å². The van der Waals surface area contributed by atoms with Crippen LogP contribution < -0.4 is 10.5 Å². The summed E-state index contributed by atoms with van der Waals surface area (Å²) in [7, 11) is 0. The van der Waals surface area contributed by atoms with Crippen molar-refractivity contribution in [1.82, 2.24) is 0 Å². The summed E-state index contributed by atoms with van der Waals surface area (Å²) in [5.74, 6) is -0.637. The molecule has 0 saturated carbocycles. The fraction of sp³-hybridized carbons (Fsp3) is 0.467. The van der Waals surface area contributed by atoms with E-state index in [1.807, 2.05) is 13.8 Å². The van der Waals surface area contributed by atoms with Crippen molar-refractivity contribution >= 4 is 29.1 Å². The van der Waals surface area contributed by atoms with Gasteiger partial charge >= 0.3 is 0 Å². The molecule has 1 rings (SSSR count). The number of hydrogen-bond donors (Lipinski definition) is 1. The van der Waals surface area contributed by atoms with Gasteiger partial charge in [0.2, 0.25) is 5.60 Å². The summed E-state index contributed by atoms with van der Waals surface area (Å²) in [6, 6.07) is 6.79. The van der Waals surface area contributed by atoms with E-state index < -0.39 is 16.9 Å². The van der Waals surface area contributed by atoms with E-state index in [2.05, 4.69) is 6.07 Å². The zero-order valence-electron chi connectivity index (χ0n) is 12.4. The Labute approximate surface area is 134 Å². The summed E-state index contributed by atoms with van der Waals surface area (Å²) in [6.07, 6.45) is 0. The third-order valence-corrected chi connectivity index (χ3v) is 4.59. The van der Waals surface area contributed by atoms with Crippen LogP contribution in [0.4, 0.5) is 0 Å². The number of nitrogens with zero attached hydrogens (tertiary/aromatic N) is 1. The standard InChI is InChI=1S/C15H18Cl2N2O2/c1-9(2)14(3,8-18)15(4,13(19)20)21-12-6-5-10(16)7-11(12)17/h5-7,9H,1-4H3,(H2,19,20). The molecule has 2 N–H and O–H groups in total. The molecule has 1 aromatic carbocycles. The number of carbonyl (C=O) groups is 1. The minimum Gasteiger partial charge on any atom is -0.474 e. The lowest BCUT2D eigenvalue weighted by Gasteiger charge is -2.42. The lowest BCUT2D eigenvalue weighted by atomic mass is 9.67. The fourth-order valence-corrected chi connectivity index (χ4v) is 2.42. The van der Waals surface area contributed by atoms with Crippen LogP contribution in [0.5, 0.6) is 5.75 Å². The van der Waals surface area contributed by atoms with Gasteiger partial charge in [-0.1, -0.05) is 37.0 Å². The van der Waals surface area contributed by atoms with Gasteiger partial charge in [-0.05, 0) is 38.0 Å². The van der Waals surface area contributed by atoms with E-state index in [9.17, 15) is 10.1 Å². The number of carbonyl (C=O) groups excluding carboxylic acids is 1. The third kappa shape index (κ3) is 3.09. The van der Waals surface area contributed by atoms with Crippen molar-refractivity contribution in [3.8, 4) is 11.8 Å². The molecule has 0 bridgehead atoms. The van der Waals surface area contributed by atoms with Crippen LogP contribution in [-0.4, -0.2) is 11.5 Å². The van der Waals surface area contributed by atoms with Crippen LogP contribution in [0.25, 0.3) is 0 Å². The van der Waals surface area contributed by atoms with Gasteiger partial charge in [-0.15, -0.1) is 0 Å². The highest BCUT2D eigenvalue weighted by molar-refractivity contribution is 6.35. The Morgan fingerprint density at radius 2 is 1.95 bits per heavy atom. The maximum atomic E-state index is 12.0. The Balaban J connectivity index is 3.37. The minimum atomic E-state index is -1.53. The number of amides is 1. The number of nitriles is 1. The summed E-state index contributed by atoms with van der Waals surface area (Å²) in [4.78, 5) is 12.0. The van der Waals surface area contributed by atoms with E-state index in [1.165, 1.54) is 13.0 Å². The molecule has 6 heteroatoms. The molecule has 21 heavy (non-hydrogen) atoms. The normalized spacial score (nSPS) is 16.7. The van der Waals surface area contributed by atoms with Crippen LogP contribution in [-0.2, 0) is 4.79 Å². The van der Waals surface area contributed by atoms with Gasteiger partial charge in [-0.3, -0.25) is 4.79 Å². The average molecular weight is 329 g/mol. The first-order valence-corrected chi connectivity index (χ1v) is 7.19. The monoisotopic (exact) mass is 328 g/mol. The van der Waals surface area contributed by atoms with E-state index >= 15 is 0 Å². The Kier molecular flexibility index (Phi) is 5.14. The van der Waals surface area contributed by atoms with Gasteiger partial charge in [0.25, 0.3) is 5.91 Å². The van der Waals surface area contributed by atoms with Gasteiger partial charge in [0.1, 0.15) is 11.2 Å². The van der Waals surface area contributed by atoms with Gasteiger partial charge in [-0.25, -0.2) is 0 Å². The van der Waals surface area contributed by atoms with Gasteiger partial charge in [0.15, 0.2) is 0 Å². The van der Waals surface area contributed by atoms with Crippen LogP contribution >= 0.6 is 23.2 Å². The first kappa shape index (κ1) is 17.6. The van der Waals surface area contributed by atoms with E-state index in [-0.39, 0.29) is 16.7 Å². The van der Waals surface area contributed by atoms with Gasteiger partial charge < -0.3 is 10.5 Å². The molecular weight excluding hydrogens is 311 g/mol. The van der Waals surface area contributed by atoms with E-state index in [1.54, 1.807) is 19.1 Å². The van der Waals surface area contributed by atoms with Crippen molar-refractivity contribution in [3.05, 3.63) is 28.2 Å². The highest BCUT2D eigenvalue weighted by atomic mass is 35.5. The molecule has 2 atom stereocenters. The molecule has 1 aromatic rings. The first-order chi connectivity index (χ1) is 9.58. The van der Waals surface area contributed by atoms with Crippen molar-refractivity contribution in [3.63, 3.8) is 0 Å². The molecule has 114 valence electrons. The second-order valence-electron chi connectivity index (χ2n) is 5.54. The molecule has 0 aromatic heterocycles. The minimum absolute atomic E-state index is 0.161. The molecule has 1 amide bonds. The number of benzene rings is 1. The number of halogens is 2. The van der Waals surface area contributed by atoms with Crippen LogP contribution in [0.15, 0.2) is 18.2 Å². The maximum absolute atomic E-state index is 12.0. The Morgan fingerprint density at radius 1 is 1.38 bits per heavy atom. The molecule has 0 radical (unpaired) electrons. The van der Waals surface area contributed by atoms with Crippen molar-refractivity contribution in [1.29, 1.82) is 5.26 Å². The SMILES string of the molecule is CC(C)C(C)(C#N)C(C)(Oc1ccc(Cl)cc1Cl)C(N)=O. The fourth-order valence-electron chi connectivity index (χ4n) is 1.98. The second kappa shape index (κ2) is 6.13. The van der Waals surface area contributed by atoms with Crippen LogP contribution in [0.3, 0.4) is 0 Å². The highest BCUT2D eigenvalue weighted by Crippen LogP contribution is 2.42. The van der Waals surface area contributed by atoms with Gasteiger partial charge in [0.05, 0.1) is 11.1 Å². The smallest absolute Gasteiger partial charge is 0.263 e. The molecule has 0 aliphatic carbocycles. The van der Waals surface area contributed by atoms with E-state index in [4.69, 9.17) is 33.7 Å². The predicted octanol–water partition coefficient (Wildman–Crippen LogP) is 3.80. The average Bonchev–Trinajstić information content (AvgIpc) is 2.40. The molecule has 2 unspecified atom stereocenters. The maximum Gasteiger partial charge on any atom is 0.263 e. The molecule has 0 heterocycles. The van der Waals surface area contributed by atoms with Crippen molar-refractivity contribution in [2.75, 3.05) is 0 Å². The van der Waals surface area contributed by atoms with E-state index in [0.717, 1.165) is 0 Å². The Morgan fingerprint density at radius 3 is 2.33 bits per heavy atom. The number of rotatable bonds is 5. The van der Waals surface area contributed by atoms with Crippen LogP contribution in [0, 0.1) is 22.7 Å². The topological polar surface area (TPSA) is 76.1 Å². The van der Waals surface area contributed by atoms with Crippen LogP contribution in [0.2, 0.25) is 10.0 Å². The van der Waals surface area contributed by atoms with Crippen molar-refractivity contribution < 1.29 is 9.53 Å². The number of hydrogen-bond acceptors (Lipinski definition) is 3.